The SMILES string of the molecule is CS(=O)(=O)c1ccc2c(c1)ncn2-c1cc(O)c(C(=O)O)s1. The van der Waals surface area contributed by atoms with E-state index < -0.39 is 15.8 Å². The minimum absolute atomic E-state index is 0.158. The Kier molecular flexibility index (Phi) is 3.18. The summed E-state index contributed by atoms with van der Waals surface area (Å²) in [4.78, 5) is 15.1. The van der Waals surface area contributed by atoms with Gasteiger partial charge >= 0.3 is 5.97 Å². The van der Waals surface area contributed by atoms with E-state index in [9.17, 15) is 18.3 Å². The van der Waals surface area contributed by atoms with Crippen LogP contribution in [-0.2, 0) is 9.84 Å². The second-order valence-corrected chi connectivity index (χ2v) is 7.69. The van der Waals surface area contributed by atoms with Gasteiger partial charge in [0.25, 0.3) is 0 Å². The standard InChI is InChI=1S/C13H10N2O5S2/c1-22(19,20)7-2-3-9-8(4-7)14-6-15(9)11-5-10(16)12(21-11)13(17)18/h2-6,16H,1H3,(H,17,18). The molecule has 0 atom stereocenters. The molecule has 0 bridgehead atoms. The predicted octanol–water partition coefficient (Wildman–Crippen LogP) is 1.89. The average molecular weight is 338 g/mol. The summed E-state index contributed by atoms with van der Waals surface area (Å²) in [5.74, 6) is -1.53. The highest BCUT2D eigenvalue weighted by Gasteiger charge is 2.17. The van der Waals surface area contributed by atoms with Crippen LogP contribution < -0.4 is 0 Å². The third kappa shape index (κ3) is 2.34. The molecule has 22 heavy (non-hydrogen) atoms. The topological polar surface area (TPSA) is 109 Å². The number of thiophene rings is 1. The van der Waals surface area contributed by atoms with Crippen molar-refractivity contribution in [2.75, 3.05) is 6.26 Å². The molecule has 9 heteroatoms. The largest absolute Gasteiger partial charge is 0.506 e. The van der Waals surface area contributed by atoms with E-state index in [1.54, 1.807) is 10.6 Å². The fourth-order valence-electron chi connectivity index (χ4n) is 2.04. The third-order valence-corrected chi connectivity index (χ3v) is 5.30. The molecule has 7 nitrogen and oxygen atoms in total. The molecule has 2 aromatic heterocycles. The molecule has 0 saturated heterocycles. The molecule has 0 aliphatic carbocycles. The maximum Gasteiger partial charge on any atom is 0.349 e. The zero-order valence-electron chi connectivity index (χ0n) is 11.2. The molecule has 0 amide bonds. The highest BCUT2D eigenvalue weighted by molar-refractivity contribution is 7.90. The van der Waals surface area contributed by atoms with Crippen LogP contribution in [0.5, 0.6) is 5.75 Å². The summed E-state index contributed by atoms with van der Waals surface area (Å²) in [7, 11) is -3.33. The van der Waals surface area contributed by atoms with Gasteiger partial charge in [-0.3, -0.25) is 4.57 Å². The minimum atomic E-state index is -3.33. The normalized spacial score (nSPS) is 11.9. The number of benzene rings is 1. The molecule has 0 fully saturated rings. The fraction of sp³-hybridized carbons (Fsp3) is 0.0769. The highest BCUT2D eigenvalue weighted by atomic mass is 32.2. The molecule has 3 aromatic rings. The Morgan fingerprint density at radius 3 is 2.64 bits per heavy atom. The predicted molar refractivity (Wildman–Crippen MR) is 80.7 cm³/mol. The van der Waals surface area contributed by atoms with Crippen molar-refractivity contribution in [1.82, 2.24) is 9.55 Å². The summed E-state index contributed by atoms with van der Waals surface area (Å²) in [6, 6.07) is 5.84. The molecule has 0 aliphatic heterocycles. The van der Waals surface area contributed by atoms with E-state index in [2.05, 4.69) is 4.98 Å². The molecular weight excluding hydrogens is 328 g/mol. The lowest BCUT2D eigenvalue weighted by molar-refractivity contribution is 0.0699. The van der Waals surface area contributed by atoms with Gasteiger partial charge in [0.05, 0.1) is 15.9 Å². The molecule has 0 unspecified atom stereocenters. The second-order valence-electron chi connectivity index (χ2n) is 4.64. The van der Waals surface area contributed by atoms with Crippen molar-refractivity contribution in [3.8, 4) is 10.8 Å². The van der Waals surface area contributed by atoms with Crippen molar-refractivity contribution in [2.24, 2.45) is 0 Å². The van der Waals surface area contributed by atoms with Crippen LogP contribution in [0.2, 0.25) is 0 Å². The Labute approximate surface area is 129 Å². The monoisotopic (exact) mass is 338 g/mol. The first-order chi connectivity index (χ1) is 10.3. The number of aromatic carboxylic acids is 1. The van der Waals surface area contributed by atoms with Crippen LogP contribution in [0, 0.1) is 0 Å². The highest BCUT2D eigenvalue weighted by Crippen LogP contribution is 2.33. The quantitative estimate of drug-likeness (QED) is 0.755. The molecular formula is C13H10N2O5S2. The third-order valence-electron chi connectivity index (χ3n) is 3.08. The first-order valence-electron chi connectivity index (χ1n) is 6.01. The average Bonchev–Trinajstić information content (AvgIpc) is 3.00. The van der Waals surface area contributed by atoms with Crippen LogP contribution in [0.4, 0.5) is 0 Å². The van der Waals surface area contributed by atoms with Gasteiger partial charge in [0.15, 0.2) is 14.7 Å². The lowest BCUT2D eigenvalue weighted by Crippen LogP contribution is -1.96. The summed E-state index contributed by atoms with van der Waals surface area (Å²) in [5, 5.41) is 19.1. The number of rotatable bonds is 3. The zero-order valence-corrected chi connectivity index (χ0v) is 12.8. The van der Waals surface area contributed by atoms with Crippen molar-refractivity contribution >= 4 is 38.2 Å². The summed E-state index contributed by atoms with van der Waals surface area (Å²) in [5.41, 5.74) is 1.08. The van der Waals surface area contributed by atoms with Crippen molar-refractivity contribution in [1.29, 1.82) is 0 Å². The van der Waals surface area contributed by atoms with Gasteiger partial charge in [-0.05, 0) is 18.2 Å². The van der Waals surface area contributed by atoms with Crippen LogP contribution in [0.25, 0.3) is 16.0 Å². The van der Waals surface area contributed by atoms with Crippen molar-refractivity contribution in [3.63, 3.8) is 0 Å². The van der Waals surface area contributed by atoms with Crippen molar-refractivity contribution < 1.29 is 23.4 Å². The number of nitrogens with zero attached hydrogens (tertiary/aromatic N) is 2. The molecule has 0 spiro atoms. The van der Waals surface area contributed by atoms with Crippen LogP contribution in [0.15, 0.2) is 35.5 Å². The van der Waals surface area contributed by atoms with Crippen LogP contribution in [0.1, 0.15) is 9.67 Å². The first-order valence-corrected chi connectivity index (χ1v) is 8.72. The summed E-state index contributed by atoms with van der Waals surface area (Å²) < 4.78 is 24.7. The number of hydrogen-bond donors (Lipinski definition) is 2. The second kappa shape index (κ2) is 4.82. The van der Waals surface area contributed by atoms with E-state index >= 15 is 0 Å². The van der Waals surface area contributed by atoms with E-state index in [1.165, 1.54) is 24.5 Å². The smallest absolute Gasteiger partial charge is 0.349 e. The Morgan fingerprint density at radius 1 is 1.32 bits per heavy atom. The van der Waals surface area contributed by atoms with Gasteiger partial charge < -0.3 is 10.2 Å². The van der Waals surface area contributed by atoms with Gasteiger partial charge in [0, 0.05) is 12.3 Å². The fourth-order valence-corrected chi connectivity index (χ4v) is 3.55. The first kappa shape index (κ1) is 14.5. The van der Waals surface area contributed by atoms with Crippen LogP contribution in [-0.4, -0.2) is 40.4 Å². The number of fused-ring (bicyclic) bond motifs is 1. The molecule has 0 radical (unpaired) electrons. The molecule has 0 saturated carbocycles. The number of imidazole rings is 1. The Hall–Kier alpha value is -2.39. The molecule has 0 aliphatic rings. The number of sulfone groups is 1. The Bertz CT molecular complexity index is 1000. The van der Waals surface area contributed by atoms with Gasteiger partial charge in [-0.1, -0.05) is 0 Å². The number of carboxylic acid groups (broad SMARTS) is 1. The van der Waals surface area contributed by atoms with Gasteiger partial charge in [-0.2, -0.15) is 0 Å². The van der Waals surface area contributed by atoms with E-state index in [-0.39, 0.29) is 15.5 Å². The Morgan fingerprint density at radius 2 is 2.05 bits per heavy atom. The minimum Gasteiger partial charge on any atom is -0.506 e. The van der Waals surface area contributed by atoms with E-state index in [0.717, 1.165) is 17.6 Å². The van der Waals surface area contributed by atoms with Crippen molar-refractivity contribution in [3.05, 3.63) is 35.5 Å². The molecule has 2 heterocycles. The van der Waals surface area contributed by atoms with E-state index in [4.69, 9.17) is 5.11 Å². The van der Waals surface area contributed by atoms with E-state index in [0.29, 0.717) is 16.0 Å². The van der Waals surface area contributed by atoms with Crippen LogP contribution in [0.3, 0.4) is 0 Å². The lowest BCUT2D eigenvalue weighted by Gasteiger charge is -2.01. The maximum atomic E-state index is 11.5. The number of aromatic nitrogens is 2. The van der Waals surface area contributed by atoms with Gasteiger partial charge in [-0.25, -0.2) is 18.2 Å². The number of aromatic hydroxyl groups is 1. The van der Waals surface area contributed by atoms with Crippen molar-refractivity contribution in [2.45, 2.75) is 4.90 Å². The van der Waals surface area contributed by atoms with Gasteiger partial charge in [0.1, 0.15) is 17.1 Å². The lowest BCUT2D eigenvalue weighted by atomic mass is 10.3. The summed E-state index contributed by atoms with van der Waals surface area (Å²) in [6.07, 6.45) is 2.56. The van der Waals surface area contributed by atoms with Crippen LogP contribution >= 0.6 is 11.3 Å². The van der Waals surface area contributed by atoms with E-state index in [1.807, 2.05) is 0 Å². The molecule has 1 aromatic carbocycles. The Balaban J connectivity index is 2.17. The number of carbonyl (C=O) groups is 1. The molecule has 2 N–H and O–H groups in total. The number of hydrogen-bond acceptors (Lipinski definition) is 6. The maximum absolute atomic E-state index is 11.5. The molecule has 114 valence electrons. The zero-order chi connectivity index (χ0) is 16.1. The van der Waals surface area contributed by atoms with Gasteiger partial charge in [0.2, 0.25) is 0 Å². The van der Waals surface area contributed by atoms with Gasteiger partial charge in [-0.15, -0.1) is 11.3 Å². The number of carboxylic acids is 1. The summed E-state index contributed by atoms with van der Waals surface area (Å²) in [6.45, 7) is 0. The molecule has 3 rings (SSSR count). The summed E-state index contributed by atoms with van der Waals surface area (Å²) >= 11 is 0.905.